The van der Waals surface area contributed by atoms with Gasteiger partial charge in [-0.05, 0) is 56.5 Å². The molecule has 0 amide bonds. The summed E-state index contributed by atoms with van der Waals surface area (Å²) in [6, 6.07) is 6.32. The highest BCUT2D eigenvalue weighted by molar-refractivity contribution is 6.30. The number of hydrogen-bond acceptors (Lipinski definition) is 2. The van der Waals surface area contributed by atoms with Gasteiger partial charge in [-0.1, -0.05) is 18.5 Å². The fourth-order valence-electron chi connectivity index (χ4n) is 1.81. The molecule has 0 saturated carbocycles. The van der Waals surface area contributed by atoms with Crippen LogP contribution in [0, 0.1) is 0 Å². The first-order valence-corrected chi connectivity index (χ1v) is 6.61. The lowest BCUT2D eigenvalue weighted by Crippen LogP contribution is -2.27. The van der Waals surface area contributed by atoms with Crippen molar-refractivity contribution in [3.8, 4) is 5.75 Å². The molecule has 0 radical (unpaired) electrons. The molecule has 1 rings (SSSR count). The summed E-state index contributed by atoms with van der Waals surface area (Å²) in [6.45, 7) is 5.47. The zero-order valence-corrected chi connectivity index (χ0v) is 11.7. The van der Waals surface area contributed by atoms with E-state index >= 15 is 0 Å². The van der Waals surface area contributed by atoms with E-state index in [2.05, 4.69) is 19.2 Å². The number of methoxy groups -OCH3 is 1. The van der Waals surface area contributed by atoms with E-state index in [1.165, 1.54) is 12.0 Å². The van der Waals surface area contributed by atoms with Crippen molar-refractivity contribution in [2.75, 3.05) is 13.7 Å². The fourth-order valence-corrected chi connectivity index (χ4v) is 2.00. The van der Waals surface area contributed by atoms with Gasteiger partial charge in [0.05, 0.1) is 7.11 Å². The van der Waals surface area contributed by atoms with Crippen molar-refractivity contribution in [1.82, 2.24) is 5.32 Å². The van der Waals surface area contributed by atoms with Gasteiger partial charge in [0.25, 0.3) is 0 Å². The Bertz CT molecular complexity index is 341. The van der Waals surface area contributed by atoms with E-state index in [9.17, 15) is 0 Å². The Morgan fingerprint density at radius 2 is 2.18 bits per heavy atom. The number of benzene rings is 1. The average Bonchev–Trinajstić information content (AvgIpc) is 2.34. The third-order valence-electron chi connectivity index (χ3n) is 2.83. The van der Waals surface area contributed by atoms with Crippen LogP contribution in [0.3, 0.4) is 0 Å². The maximum atomic E-state index is 6.00. The number of rotatable bonds is 7. The molecule has 0 aliphatic heterocycles. The average molecular weight is 256 g/mol. The Morgan fingerprint density at radius 1 is 1.41 bits per heavy atom. The molecule has 0 aliphatic carbocycles. The van der Waals surface area contributed by atoms with E-state index < -0.39 is 0 Å². The standard InChI is InChI=1S/C14H22ClNO/c1-4-9-16-11(2)5-6-12-10-13(15)7-8-14(12)17-3/h7-8,10-11,16H,4-6,9H2,1-3H3. The predicted molar refractivity (Wildman–Crippen MR) is 74.1 cm³/mol. The van der Waals surface area contributed by atoms with Gasteiger partial charge in [0.15, 0.2) is 0 Å². The lowest BCUT2D eigenvalue weighted by molar-refractivity contribution is 0.407. The van der Waals surface area contributed by atoms with E-state index in [1.54, 1.807) is 7.11 Å². The third kappa shape index (κ3) is 4.97. The van der Waals surface area contributed by atoms with Crippen molar-refractivity contribution in [2.24, 2.45) is 0 Å². The molecule has 0 saturated heterocycles. The minimum Gasteiger partial charge on any atom is -0.496 e. The fraction of sp³-hybridized carbons (Fsp3) is 0.571. The van der Waals surface area contributed by atoms with Crippen LogP contribution in [-0.2, 0) is 6.42 Å². The van der Waals surface area contributed by atoms with Gasteiger partial charge in [-0.15, -0.1) is 0 Å². The molecular weight excluding hydrogens is 234 g/mol. The molecule has 96 valence electrons. The van der Waals surface area contributed by atoms with Crippen LogP contribution in [0.2, 0.25) is 5.02 Å². The van der Waals surface area contributed by atoms with Gasteiger partial charge in [0.1, 0.15) is 5.75 Å². The molecule has 1 aromatic carbocycles. The summed E-state index contributed by atoms with van der Waals surface area (Å²) in [5.74, 6) is 0.928. The van der Waals surface area contributed by atoms with Crippen molar-refractivity contribution in [1.29, 1.82) is 0 Å². The lowest BCUT2D eigenvalue weighted by atomic mass is 10.1. The molecule has 0 aromatic heterocycles. The summed E-state index contributed by atoms with van der Waals surface area (Å²) in [7, 11) is 1.70. The molecule has 1 N–H and O–H groups in total. The van der Waals surface area contributed by atoms with Crippen LogP contribution in [0.25, 0.3) is 0 Å². The predicted octanol–water partition coefficient (Wildman–Crippen LogP) is 3.67. The maximum Gasteiger partial charge on any atom is 0.122 e. The van der Waals surface area contributed by atoms with Crippen molar-refractivity contribution >= 4 is 11.6 Å². The summed E-state index contributed by atoms with van der Waals surface area (Å²) in [5, 5.41) is 4.25. The molecule has 0 spiro atoms. The Morgan fingerprint density at radius 3 is 2.82 bits per heavy atom. The zero-order valence-electron chi connectivity index (χ0n) is 10.9. The Balaban J connectivity index is 2.52. The maximum absolute atomic E-state index is 6.00. The molecule has 1 unspecified atom stereocenters. The molecule has 0 aliphatic rings. The van der Waals surface area contributed by atoms with E-state index in [0.717, 1.165) is 30.2 Å². The van der Waals surface area contributed by atoms with Crippen LogP contribution in [0.4, 0.5) is 0 Å². The summed E-state index contributed by atoms with van der Waals surface area (Å²) in [5.41, 5.74) is 1.19. The normalized spacial score (nSPS) is 12.5. The van der Waals surface area contributed by atoms with E-state index in [0.29, 0.717) is 6.04 Å². The highest BCUT2D eigenvalue weighted by Crippen LogP contribution is 2.24. The summed E-state index contributed by atoms with van der Waals surface area (Å²) >= 11 is 6.00. The number of hydrogen-bond donors (Lipinski definition) is 1. The van der Waals surface area contributed by atoms with E-state index in [4.69, 9.17) is 16.3 Å². The minimum absolute atomic E-state index is 0.527. The summed E-state index contributed by atoms with van der Waals surface area (Å²) < 4.78 is 5.33. The van der Waals surface area contributed by atoms with Crippen LogP contribution < -0.4 is 10.1 Å². The van der Waals surface area contributed by atoms with Crippen LogP contribution >= 0.6 is 11.6 Å². The second-order valence-electron chi connectivity index (χ2n) is 4.35. The molecule has 1 atom stereocenters. The molecule has 1 aromatic rings. The Kier molecular flexibility index (Phi) is 6.38. The number of ether oxygens (including phenoxy) is 1. The molecule has 2 nitrogen and oxygen atoms in total. The van der Waals surface area contributed by atoms with Crippen molar-refractivity contribution in [3.05, 3.63) is 28.8 Å². The van der Waals surface area contributed by atoms with Crippen LogP contribution in [-0.4, -0.2) is 19.7 Å². The van der Waals surface area contributed by atoms with Gasteiger partial charge in [-0.25, -0.2) is 0 Å². The number of halogens is 1. The molecule has 0 bridgehead atoms. The summed E-state index contributed by atoms with van der Waals surface area (Å²) in [4.78, 5) is 0. The second kappa shape index (κ2) is 7.57. The third-order valence-corrected chi connectivity index (χ3v) is 3.07. The first-order valence-electron chi connectivity index (χ1n) is 6.23. The number of aryl methyl sites for hydroxylation is 1. The first kappa shape index (κ1) is 14.3. The first-order chi connectivity index (χ1) is 8.17. The minimum atomic E-state index is 0.527. The number of nitrogens with one attached hydrogen (secondary N) is 1. The van der Waals surface area contributed by atoms with Crippen LogP contribution in [0.15, 0.2) is 18.2 Å². The smallest absolute Gasteiger partial charge is 0.122 e. The van der Waals surface area contributed by atoms with E-state index in [1.807, 2.05) is 18.2 Å². The Hall–Kier alpha value is -0.730. The highest BCUT2D eigenvalue weighted by Gasteiger charge is 2.06. The lowest BCUT2D eigenvalue weighted by Gasteiger charge is -2.14. The van der Waals surface area contributed by atoms with Gasteiger partial charge in [-0.2, -0.15) is 0 Å². The van der Waals surface area contributed by atoms with Gasteiger partial charge >= 0.3 is 0 Å². The molecule has 0 heterocycles. The van der Waals surface area contributed by atoms with Crippen LogP contribution in [0.5, 0.6) is 5.75 Å². The van der Waals surface area contributed by atoms with Gasteiger partial charge in [0.2, 0.25) is 0 Å². The summed E-state index contributed by atoms with van der Waals surface area (Å²) in [6.07, 6.45) is 3.25. The molecule has 17 heavy (non-hydrogen) atoms. The molecular formula is C14H22ClNO. The monoisotopic (exact) mass is 255 g/mol. The largest absolute Gasteiger partial charge is 0.496 e. The quantitative estimate of drug-likeness (QED) is 0.803. The van der Waals surface area contributed by atoms with Crippen molar-refractivity contribution in [3.63, 3.8) is 0 Å². The zero-order chi connectivity index (χ0) is 12.7. The van der Waals surface area contributed by atoms with Crippen molar-refractivity contribution in [2.45, 2.75) is 39.2 Å². The molecule has 3 heteroatoms. The highest BCUT2D eigenvalue weighted by atomic mass is 35.5. The van der Waals surface area contributed by atoms with Crippen molar-refractivity contribution < 1.29 is 4.74 Å². The van der Waals surface area contributed by atoms with Crippen LogP contribution in [0.1, 0.15) is 32.3 Å². The Labute approximate surface area is 109 Å². The SMILES string of the molecule is CCCNC(C)CCc1cc(Cl)ccc1OC. The topological polar surface area (TPSA) is 21.3 Å². The second-order valence-corrected chi connectivity index (χ2v) is 4.79. The molecule has 0 fully saturated rings. The van der Waals surface area contributed by atoms with Gasteiger partial charge in [0, 0.05) is 11.1 Å². The van der Waals surface area contributed by atoms with Gasteiger partial charge in [-0.3, -0.25) is 0 Å². The van der Waals surface area contributed by atoms with E-state index in [-0.39, 0.29) is 0 Å². The van der Waals surface area contributed by atoms with Gasteiger partial charge < -0.3 is 10.1 Å².